The molecular formula is C12H15NO3. The quantitative estimate of drug-likeness (QED) is 0.782. The Balaban J connectivity index is 1.87. The van der Waals surface area contributed by atoms with E-state index in [-0.39, 0.29) is 5.91 Å². The van der Waals surface area contributed by atoms with E-state index in [1.54, 1.807) is 29.4 Å². The van der Waals surface area contributed by atoms with E-state index in [1.165, 1.54) is 6.08 Å². The molecule has 0 aliphatic carbocycles. The maximum Gasteiger partial charge on any atom is 0.246 e. The molecule has 2 heterocycles. The van der Waals surface area contributed by atoms with E-state index in [9.17, 15) is 9.90 Å². The maximum atomic E-state index is 11.6. The molecule has 1 aliphatic rings. The van der Waals surface area contributed by atoms with Gasteiger partial charge in [0, 0.05) is 6.08 Å². The molecular weight excluding hydrogens is 206 g/mol. The molecule has 0 bridgehead atoms. The van der Waals surface area contributed by atoms with Crippen molar-refractivity contribution >= 4 is 12.0 Å². The molecule has 0 aromatic carbocycles. The van der Waals surface area contributed by atoms with Gasteiger partial charge in [-0.05, 0) is 24.6 Å². The Kier molecular flexibility index (Phi) is 2.83. The smallest absolute Gasteiger partial charge is 0.246 e. The summed E-state index contributed by atoms with van der Waals surface area (Å²) in [6.45, 7) is 2.76. The molecule has 1 N–H and O–H groups in total. The molecule has 1 aromatic heterocycles. The minimum atomic E-state index is -0.672. The summed E-state index contributed by atoms with van der Waals surface area (Å²) in [4.78, 5) is 13.2. The number of nitrogens with zero attached hydrogens (tertiary/aromatic N) is 1. The van der Waals surface area contributed by atoms with Crippen LogP contribution in [0.3, 0.4) is 0 Å². The fourth-order valence-corrected chi connectivity index (χ4v) is 1.69. The standard InChI is InChI=1S/C12H15NO3/c1-2-12(15)8-13(9-12)11(14)6-5-10-4-3-7-16-10/h3-7,15H,2,8-9H2,1H3. The fraction of sp³-hybridized carbons (Fsp3) is 0.417. The normalized spacial score (nSPS) is 18.8. The van der Waals surface area contributed by atoms with Gasteiger partial charge in [0.2, 0.25) is 5.91 Å². The molecule has 16 heavy (non-hydrogen) atoms. The first kappa shape index (κ1) is 11.0. The summed E-state index contributed by atoms with van der Waals surface area (Å²) >= 11 is 0. The van der Waals surface area contributed by atoms with E-state index in [0.717, 1.165) is 0 Å². The van der Waals surface area contributed by atoms with E-state index in [0.29, 0.717) is 25.3 Å². The van der Waals surface area contributed by atoms with Crippen LogP contribution in [-0.2, 0) is 4.79 Å². The van der Waals surface area contributed by atoms with Gasteiger partial charge in [0.1, 0.15) is 5.76 Å². The maximum absolute atomic E-state index is 11.6. The van der Waals surface area contributed by atoms with Crippen molar-refractivity contribution in [1.29, 1.82) is 0 Å². The minimum absolute atomic E-state index is 0.0884. The van der Waals surface area contributed by atoms with E-state index < -0.39 is 5.60 Å². The van der Waals surface area contributed by atoms with Crippen LogP contribution in [0.2, 0.25) is 0 Å². The van der Waals surface area contributed by atoms with Gasteiger partial charge in [0.05, 0.1) is 25.0 Å². The highest BCUT2D eigenvalue weighted by atomic mass is 16.3. The van der Waals surface area contributed by atoms with Crippen LogP contribution in [0.4, 0.5) is 0 Å². The molecule has 4 heteroatoms. The van der Waals surface area contributed by atoms with Crippen LogP contribution in [0.15, 0.2) is 28.9 Å². The summed E-state index contributed by atoms with van der Waals surface area (Å²) in [5.41, 5.74) is -0.672. The van der Waals surface area contributed by atoms with Crippen LogP contribution in [0.5, 0.6) is 0 Å². The Morgan fingerprint density at radius 3 is 3.00 bits per heavy atom. The van der Waals surface area contributed by atoms with Gasteiger partial charge >= 0.3 is 0 Å². The van der Waals surface area contributed by atoms with Crippen LogP contribution < -0.4 is 0 Å². The fourth-order valence-electron chi connectivity index (χ4n) is 1.69. The van der Waals surface area contributed by atoms with Crippen LogP contribution >= 0.6 is 0 Å². The average molecular weight is 221 g/mol. The number of β-amino-alcohol motifs (C(OH)–C–C–N with tert-alkyl or cyclic N) is 1. The summed E-state index contributed by atoms with van der Waals surface area (Å²) in [6, 6.07) is 3.55. The lowest BCUT2D eigenvalue weighted by atomic mass is 9.91. The Labute approximate surface area is 94.2 Å². The number of furan rings is 1. The number of aliphatic hydroxyl groups is 1. The third-order valence-corrected chi connectivity index (χ3v) is 2.87. The first-order valence-corrected chi connectivity index (χ1v) is 5.36. The number of rotatable bonds is 3. The number of carbonyl (C=O) groups excluding carboxylic acids is 1. The minimum Gasteiger partial charge on any atom is -0.465 e. The SMILES string of the molecule is CCC1(O)CN(C(=O)C=Cc2ccco2)C1. The Hall–Kier alpha value is -1.55. The highest BCUT2D eigenvalue weighted by Crippen LogP contribution is 2.24. The summed E-state index contributed by atoms with van der Waals surface area (Å²) in [5, 5.41) is 9.75. The lowest BCUT2D eigenvalue weighted by Gasteiger charge is -2.45. The van der Waals surface area contributed by atoms with Gasteiger partial charge in [0.25, 0.3) is 0 Å². The first-order valence-electron chi connectivity index (χ1n) is 5.36. The first-order chi connectivity index (χ1) is 7.63. The van der Waals surface area contributed by atoms with Gasteiger partial charge < -0.3 is 14.4 Å². The zero-order valence-electron chi connectivity index (χ0n) is 9.22. The second-order valence-electron chi connectivity index (χ2n) is 4.12. The molecule has 1 aliphatic heterocycles. The van der Waals surface area contributed by atoms with Gasteiger partial charge in [-0.15, -0.1) is 0 Å². The lowest BCUT2D eigenvalue weighted by Crippen LogP contribution is -2.62. The zero-order chi connectivity index (χ0) is 11.6. The van der Waals surface area contributed by atoms with Crippen molar-refractivity contribution in [3.05, 3.63) is 30.2 Å². The Bertz CT molecular complexity index is 388. The van der Waals surface area contributed by atoms with Gasteiger partial charge in [-0.25, -0.2) is 0 Å². The average Bonchev–Trinajstić information content (AvgIpc) is 2.74. The summed E-state index contributed by atoms with van der Waals surface area (Å²) in [5.74, 6) is 0.564. The van der Waals surface area contributed by atoms with Gasteiger partial charge in [-0.2, -0.15) is 0 Å². The third kappa shape index (κ3) is 2.17. The number of likely N-dealkylation sites (tertiary alicyclic amines) is 1. The second kappa shape index (κ2) is 4.14. The number of hydrogen-bond acceptors (Lipinski definition) is 3. The molecule has 0 radical (unpaired) electrons. The highest BCUT2D eigenvalue weighted by molar-refractivity contribution is 5.92. The molecule has 0 spiro atoms. The van der Waals surface area contributed by atoms with E-state index in [2.05, 4.69) is 0 Å². The Morgan fingerprint density at radius 2 is 2.44 bits per heavy atom. The summed E-state index contributed by atoms with van der Waals surface area (Å²) in [7, 11) is 0. The predicted molar refractivity (Wildman–Crippen MR) is 59.6 cm³/mol. The Morgan fingerprint density at radius 1 is 1.69 bits per heavy atom. The van der Waals surface area contributed by atoms with Crippen molar-refractivity contribution in [2.24, 2.45) is 0 Å². The van der Waals surface area contributed by atoms with Gasteiger partial charge in [0.15, 0.2) is 0 Å². The third-order valence-electron chi connectivity index (χ3n) is 2.87. The molecule has 1 aromatic rings. The molecule has 0 atom stereocenters. The molecule has 4 nitrogen and oxygen atoms in total. The van der Waals surface area contributed by atoms with Crippen LogP contribution in [0, 0.1) is 0 Å². The van der Waals surface area contributed by atoms with Gasteiger partial charge in [-0.1, -0.05) is 6.92 Å². The van der Waals surface area contributed by atoms with E-state index in [1.807, 2.05) is 6.92 Å². The highest BCUT2D eigenvalue weighted by Gasteiger charge is 2.41. The molecule has 1 saturated heterocycles. The summed E-state index contributed by atoms with van der Waals surface area (Å²) in [6.07, 6.45) is 5.34. The zero-order valence-corrected chi connectivity index (χ0v) is 9.22. The van der Waals surface area contributed by atoms with Crippen LogP contribution in [0.25, 0.3) is 6.08 Å². The van der Waals surface area contributed by atoms with Crippen molar-refractivity contribution in [3.8, 4) is 0 Å². The molecule has 0 saturated carbocycles. The number of carbonyl (C=O) groups is 1. The van der Waals surface area contributed by atoms with E-state index in [4.69, 9.17) is 4.42 Å². The molecule has 0 unspecified atom stereocenters. The molecule has 86 valence electrons. The lowest BCUT2D eigenvalue weighted by molar-refractivity contribution is -0.150. The van der Waals surface area contributed by atoms with Crippen molar-refractivity contribution in [2.45, 2.75) is 18.9 Å². The molecule has 1 amide bonds. The number of hydrogen-bond donors (Lipinski definition) is 1. The topological polar surface area (TPSA) is 53.7 Å². The predicted octanol–water partition coefficient (Wildman–Crippen LogP) is 1.28. The van der Waals surface area contributed by atoms with Gasteiger partial charge in [-0.3, -0.25) is 4.79 Å². The summed E-state index contributed by atoms with van der Waals surface area (Å²) < 4.78 is 5.07. The van der Waals surface area contributed by atoms with Crippen LogP contribution in [-0.4, -0.2) is 34.6 Å². The second-order valence-corrected chi connectivity index (χ2v) is 4.12. The van der Waals surface area contributed by atoms with Crippen molar-refractivity contribution in [1.82, 2.24) is 4.90 Å². The van der Waals surface area contributed by atoms with Crippen molar-refractivity contribution in [2.75, 3.05) is 13.1 Å². The largest absolute Gasteiger partial charge is 0.465 e. The number of amides is 1. The molecule has 1 fully saturated rings. The van der Waals surface area contributed by atoms with Crippen LogP contribution in [0.1, 0.15) is 19.1 Å². The monoisotopic (exact) mass is 221 g/mol. The van der Waals surface area contributed by atoms with E-state index >= 15 is 0 Å². The van der Waals surface area contributed by atoms with Crippen molar-refractivity contribution in [3.63, 3.8) is 0 Å². The molecule has 2 rings (SSSR count). The van der Waals surface area contributed by atoms with Crippen molar-refractivity contribution < 1.29 is 14.3 Å².